The highest BCUT2D eigenvalue weighted by Gasteiger charge is 2.16. The van der Waals surface area contributed by atoms with Gasteiger partial charge in [0.2, 0.25) is 0 Å². The zero-order valence-corrected chi connectivity index (χ0v) is 12.8. The number of nitrogens with zero attached hydrogens (tertiary/aromatic N) is 2. The van der Waals surface area contributed by atoms with Crippen LogP contribution < -0.4 is 4.72 Å². The Labute approximate surface area is 121 Å². The van der Waals surface area contributed by atoms with E-state index in [1.165, 1.54) is 18.3 Å². The van der Waals surface area contributed by atoms with Crippen LogP contribution in [0.5, 0.6) is 0 Å². The number of anilines is 1. The van der Waals surface area contributed by atoms with E-state index in [2.05, 4.69) is 46.5 Å². The second-order valence-corrected chi connectivity index (χ2v) is 6.50. The normalized spacial score (nSPS) is 11.2. The maximum Gasteiger partial charge on any atom is 0.263 e. The van der Waals surface area contributed by atoms with E-state index in [1.807, 2.05) is 0 Å². The van der Waals surface area contributed by atoms with Crippen molar-refractivity contribution in [3.05, 3.63) is 45.7 Å². The number of hydrogen-bond acceptors (Lipinski definition) is 4. The molecule has 0 aliphatic rings. The van der Waals surface area contributed by atoms with Gasteiger partial charge in [-0.1, -0.05) is 18.2 Å². The van der Waals surface area contributed by atoms with Gasteiger partial charge in [0.1, 0.15) is 4.60 Å². The van der Waals surface area contributed by atoms with Crippen LogP contribution in [0.2, 0.25) is 0 Å². The number of rotatable bonds is 3. The molecule has 0 amide bonds. The lowest BCUT2D eigenvalue weighted by Gasteiger charge is -2.08. The molecule has 1 aromatic carbocycles. The van der Waals surface area contributed by atoms with Gasteiger partial charge in [-0.25, -0.2) is 18.4 Å². The van der Waals surface area contributed by atoms with Gasteiger partial charge in [-0.2, -0.15) is 0 Å². The van der Waals surface area contributed by atoms with Crippen LogP contribution in [0.3, 0.4) is 0 Å². The third kappa shape index (κ3) is 3.06. The van der Waals surface area contributed by atoms with E-state index in [4.69, 9.17) is 0 Å². The van der Waals surface area contributed by atoms with E-state index in [-0.39, 0.29) is 10.7 Å². The summed E-state index contributed by atoms with van der Waals surface area (Å²) in [5, 5.41) is 0. The first-order valence-electron chi connectivity index (χ1n) is 4.75. The Balaban J connectivity index is 2.34. The predicted octanol–water partition coefficient (Wildman–Crippen LogP) is 2.80. The Morgan fingerprint density at radius 1 is 1.11 bits per heavy atom. The fourth-order valence-corrected chi connectivity index (χ4v) is 3.28. The molecule has 0 aliphatic heterocycles. The van der Waals surface area contributed by atoms with E-state index in [0.29, 0.717) is 9.21 Å². The largest absolute Gasteiger partial charge is 0.263 e. The molecule has 0 saturated carbocycles. The summed E-state index contributed by atoms with van der Waals surface area (Å²) >= 11 is 6.28. The molecule has 2 aromatic rings. The van der Waals surface area contributed by atoms with Gasteiger partial charge in [0.25, 0.3) is 10.0 Å². The Morgan fingerprint density at radius 3 is 2.39 bits per heavy atom. The van der Waals surface area contributed by atoms with Crippen LogP contribution in [0, 0.1) is 0 Å². The van der Waals surface area contributed by atoms with E-state index >= 15 is 0 Å². The Bertz CT molecular complexity index is 662. The molecule has 8 heteroatoms. The lowest BCUT2D eigenvalue weighted by molar-refractivity contribution is 0.601. The zero-order chi connectivity index (χ0) is 13.2. The molecule has 18 heavy (non-hydrogen) atoms. The van der Waals surface area contributed by atoms with Crippen LogP contribution in [0.15, 0.2) is 50.6 Å². The zero-order valence-electron chi connectivity index (χ0n) is 8.84. The highest BCUT2D eigenvalue weighted by Crippen LogP contribution is 2.22. The van der Waals surface area contributed by atoms with Crippen molar-refractivity contribution in [3.63, 3.8) is 0 Å². The maximum atomic E-state index is 12.0. The van der Waals surface area contributed by atoms with E-state index < -0.39 is 10.0 Å². The molecule has 2 rings (SSSR count). The molecule has 0 radical (unpaired) electrons. The van der Waals surface area contributed by atoms with Crippen molar-refractivity contribution in [2.24, 2.45) is 0 Å². The van der Waals surface area contributed by atoms with E-state index in [0.717, 1.165) is 0 Å². The number of aromatic nitrogens is 2. The molecule has 0 bridgehead atoms. The quantitative estimate of drug-likeness (QED) is 0.871. The van der Waals surface area contributed by atoms with Gasteiger partial charge in [0, 0.05) is 0 Å². The van der Waals surface area contributed by atoms with E-state index in [9.17, 15) is 8.42 Å². The molecular weight excluding hydrogens is 386 g/mol. The lowest BCUT2D eigenvalue weighted by atomic mass is 10.4. The molecule has 0 aliphatic carbocycles. The molecule has 5 nitrogen and oxygen atoms in total. The average molecular weight is 393 g/mol. The van der Waals surface area contributed by atoms with Gasteiger partial charge in [0.15, 0.2) is 10.4 Å². The molecule has 1 aromatic heterocycles. The summed E-state index contributed by atoms with van der Waals surface area (Å²) in [6.07, 6.45) is 1.41. The molecule has 0 fully saturated rings. The number of nitrogens with one attached hydrogen (secondary N) is 1. The van der Waals surface area contributed by atoms with Crippen molar-refractivity contribution in [1.82, 2.24) is 9.97 Å². The first kappa shape index (κ1) is 13.4. The molecule has 0 unspecified atom stereocenters. The summed E-state index contributed by atoms with van der Waals surface area (Å²) in [4.78, 5) is 8.11. The van der Waals surface area contributed by atoms with Crippen LogP contribution in [0.4, 0.5) is 5.82 Å². The van der Waals surface area contributed by atoms with Crippen molar-refractivity contribution >= 4 is 47.7 Å². The van der Waals surface area contributed by atoms with E-state index in [1.54, 1.807) is 18.2 Å². The first-order valence-corrected chi connectivity index (χ1v) is 7.82. The fourth-order valence-electron chi connectivity index (χ4n) is 1.20. The van der Waals surface area contributed by atoms with Crippen LogP contribution >= 0.6 is 31.9 Å². The van der Waals surface area contributed by atoms with Crippen molar-refractivity contribution in [1.29, 1.82) is 0 Å². The summed E-state index contributed by atoms with van der Waals surface area (Å²) in [6, 6.07) is 8.05. The summed E-state index contributed by atoms with van der Waals surface area (Å²) in [5.74, 6) is 0.141. The molecule has 1 N–H and O–H groups in total. The van der Waals surface area contributed by atoms with Gasteiger partial charge in [-0.15, -0.1) is 0 Å². The van der Waals surface area contributed by atoms with Crippen LogP contribution in [0.25, 0.3) is 0 Å². The molecule has 94 valence electrons. The smallest absolute Gasteiger partial charge is 0.261 e. The Kier molecular flexibility index (Phi) is 3.98. The SMILES string of the molecule is O=S(=O)(Nc1ncc(Br)nc1Br)c1ccccc1. The van der Waals surface area contributed by atoms with Gasteiger partial charge in [0.05, 0.1) is 11.1 Å². The second-order valence-electron chi connectivity index (χ2n) is 3.25. The molecule has 0 spiro atoms. The predicted molar refractivity (Wildman–Crippen MR) is 74.7 cm³/mol. The number of hydrogen-bond donors (Lipinski definition) is 1. The highest BCUT2D eigenvalue weighted by atomic mass is 79.9. The Hall–Kier alpha value is -0.990. The fraction of sp³-hybridized carbons (Fsp3) is 0. The second kappa shape index (κ2) is 5.33. The summed E-state index contributed by atoms with van der Waals surface area (Å²) < 4.78 is 27.2. The van der Waals surface area contributed by atoms with Crippen LogP contribution in [-0.4, -0.2) is 18.4 Å². The monoisotopic (exact) mass is 391 g/mol. The third-order valence-electron chi connectivity index (χ3n) is 1.99. The van der Waals surface area contributed by atoms with Crippen molar-refractivity contribution < 1.29 is 8.42 Å². The minimum atomic E-state index is -3.65. The molecule has 0 saturated heterocycles. The van der Waals surface area contributed by atoms with Crippen molar-refractivity contribution in [3.8, 4) is 0 Å². The average Bonchev–Trinajstić information content (AvgIpc) is 2.34. The molecular formula is C10H7Br2N3O2S. The first-order chi connectivity index (χ1) is 8.49. The van der Waals surface area contributed by atoms with Gasteiger partial charge in [-0.05, 0) is 44.0 Å². The molecule has 1 heterocycles. The number of sulfonamides is 1. The standard InChI is InChI=1S/C10H7Br2N3O2S/c11-8-6-13-10(9(12)14-8)15-18(16,17)7-4-2-1-3-5-7/h1-6H,(H,13,15). The van der Waals surface area contributed by atoms with Gasteiger partial charge < -0.3 is 0 Å². The van der Waals surface area contributed by atoms with Crippen LogP contribution in [0.1, 0.15) is 0 Å². The summed E-state index contributed by atoms with van der Waals surface area (Å²) in [6.45, 7) is 0. The van der Waals surface area contributed by atoms with Gasteiger partial charge >= 0.3 is 0 Å². The van der Waals surface area contributed by atoms with Crippen molar-refractivity contribution in [2.45, 2.75) is 4.90 Å². The summed E-state index contributed by atoms with van der Waals surface area (Å²) in [5.41, 5.74) is 0. The minimum absolute atomic E-state index is 0.141. The maximum absolute atomic E-state index is 12.0. The topological polar surface area (TPSA) is 72.0 Å². The van der Waals surface area contributed by atoms with Crippen molar-refractivity contribution in [2.75, 3.05) is 4.72 Å². The third-order valence-corrected chi connectivity index (χ3v) is 4.27. The van der Waals surface area contributed by atoms with Crippen LogP contribution in [-0.2, 0) is 10.0 Å². The lowest BCUT2D eigenvalue weighted by Crippen LogP contribution is -2.14. The number of halogens is 2. The highest BCUT2D eigenvalue weighted by molar-refractivity contribution is 9.11. The minimum Gasteiger partial charge on any atom is -0.261 e. The van der Waals surface area contributed by atoms with Gasteiger partial charge in [-0.3, -0.25) is 4.72 Å². The summed E-state index contributed by atoms with van der Waals surface area (Å²) in [7, 11) is -3.65. The number of benzene rings is 1. The molecule has 0 atom stereocenters. The Morgan fingerprint density at radius 2 is 1.78 bits per heavy atom.